The Morgan fingerprint density at radius 1 is 1.12 bits per heavy atom. The van der Waals surface area contributed by atoms with Crippen molar-refractivity contribution >= 4 is 22.4 Å². The van der Waals surface area contributed by atoms with Crippen molar-refractivity contribution in [2.45, 2.75) is 38.9 Å². The Hall–Kier alpha value is -0.376. The average Bonchev–Trinajstić information content (AvgIpc) is 1.99. The van der Waals surface area contributed by atoms with Crippen molar-refractivity contribution in [3.8, 4) is 0 Å². The Bertz CT molecular complexity index is 272. The largest absolute Gasteiger partial charge is 0.469 e. The summed E-state index contributed by atoms with van der Waals surface area (Å²) >= 11 is 0. The molecule has 0 atom stereocenters. The summed E-state index contributed by atoms with van der Waals surface area (Å²) in [6.45, 7) is 7.72. The van der Waals surface area contributed by atoms with Crippen LogP contribution < -0.4 is 0 Å². The standard InChI is InChI=1S/C8H17F4NOSi2/c1-15(2,3)13(16(4,5)6-9)7(14)8(10,11)12/h6H2,1-5H3. The highest BCUT2D eigenvalue weighted by atomic mass is 28.4. The summed E-state index contributed by atoms with van der Waals surface area (Å²) in [6.07, 6.45) is -5.78. The van der Waals surface area contributed by atoms with Crippen molar-refractivity contribution in [3.63, 3.8) is 0 Å². The predicted molar refractivity (Wildman–Crippen MR) is 59.7 cm³/mol. The molecule has 0 aromatic rings. The van der Waals surface area contributed by atoms with Gasteiger partial charge < -0.3 is 4.23 Å². The summed E-state index contributed by atoms with van der Waals surface area (Å²) in [7, 11) is -5.49. The normalized spacial score (nSPS) is 13.8. The van der Waals surface area contributed by atoms with Gasteiger partial charge in [0.1, 0.15) is 14.5 Å². The molecule has 1 amide bonds. The van der Waals surface area contributed by atoms with Gasteiger partial charge in [0.15, 0.2) is 8.24 Å². The van der Waals surface area contributed by atoms with Crippen LogP contribution in [0.1, 0.15) is 0 Å². The Morgan fingerprint density at radius 3 is 1.69 bits per heavy atom. The number of nitrogens with zero attached hydrogens (tertiary/aromatic N) is 1. The van der Waals surface area contributed by atoms with E-state index in [1.807, 2.05) is 0 Å². The number of hydrogen-bond acceptors (Lipinski definition) is 1. The van der Waals surface area contributed by atoms with E-state index in [9.17, 15) is 22.4 Å². The molecule has 0 aromatic heterocycles. The molecule has 0 aromatic carbocycles. The molecule has 0 N–H and O–H groups in total. The van der Waals surface area contributed by atoms with Crippen molar-refractivity contribution < 1.29 is 22.4 Å². The summed E-state index contributed by atoms with van der Waals surface area (Å²) in [4.78, 5) is 11.3. The zero-order valence-electron chi connectivity index (χ0n) is 10.1. The Kier molecular flexibility index (Phi) is 4.37. The molecule has 0 heterocycles. The fraction of sp³-hybridized carbons (Fsp3) is 0.875. The van der Waals surface area contributed by atoms with Gasteiger partial charge >= 0.3 is 12.1 Å². The molecule has 0 aliphatic rings. The monoisotopic (exact) mass is 275 g/mol. The van der Waals surface area contributed by atoms with Crippen molar-refractivity contribution in [2.75, 3.05) is 6.30 Å². The van der Waals surface area contributed by atoms with Crippen LogP contribution in [0.2, 0.25) is 32.7 Å². The van der Waals surface area contributed by atoms with E-state index < -0.39 is 34.9 Å². The van der Waals surface area contributed by atoms with Gasteiger partial charge in [-0.1, -0.05) is 19.6 Å². The topological polar surface area (TPSA) is 20.3 Å². The lowest BCUT2D eigenvalue weighted by atomic mass is 10.6. The first-order chi connectivity index (χ1) is 6.84. The maximum atomic E-state index is 12.8. The molecule has 0 unspecified atom stereocenters. The van der Waals surface area contributed by atoms with Gasteiger partial charge in [-0.3, -0.25) is 9.18 Å². The summed E-state index contributed by atoms with van der Waals surface area (Å²) < 4.78 is 50.9. The third-order valence-electron chi connectivity index (χ3n) is 2.05. The van der Waals surface area contributed by atoms with Gasteiger partial charge in [0.05, 0.1) is 0 Å². The Labute approximate surface area is 94.8 Å². The third kappa shape index (κ3) is 3.58. The summed E-state index contributed by atoms with van der Waals surface area (Å²) in [5.74, 6) is -1.89. The molecule has 0 bridgehead atoms. The summed E-state index contributed by atoms with van der Waals surface area (Å²) in [5, 5.41) is 0. The second-order valence-corrected chi connectivity index (χ2v) is 14.8. The Morgan fingerprint density at radius 2 is 1.50 bits per heavy atom. The predicted octanol–water partition coefficient (Wildman–Crippen LogP) is 2.93. The molecule has 0 rings (SSSR count). The maximum absolute atomic E-state index is 12.8. The van der Waals surface area contributed by atoms with Crippen LogP contribution in [0.4, 0.5) is 17.6 Å². The van der Waals surface area contributed by atoms with E-state index in [1.54, 1.807) is 19.6 Å². The molecule has 0 aliphatic heterocycles. The first-order valence-electron chi connectivity index (χ1n) is 4.81. The van der Waals surface area contributed by atoms with Gasteiger partial charge in [0.25, 0.3) is 0 Å². The van der Waals surface area contributed by atoms with E-state index >= 15 is 0 Å². The molecule has 0 spiro atoms. The zero-order chi connectivity index (χ0) is 13.4. The molecule has 0 aliphatic carbocycles. The second-order valence-electron chi connectivity index (χ2n) is 5.26. The SMILES string of the molecule is C[Si](C)(C)N(C(=O)C(F)(F)F)[Si](C)(C)CF. The number of carbonyl (C=O) groups is 1. The number of carbonyl (C=O) groups excluding carboxylic acids is 1. The van der Waals surface area contributed by atoms with E-state index in [0.29, 0.717) is 0 Å². The van der Waals surface area contributed by atoms with Crippen LogP contribution in [-0.4, -0.2) is 39.1 Å². The van der Waals surface area contributed by atoms with E-state index in [-0.39, 0.29) is 0 Å². The van der Waals surface area contributed by atoms with Crippen molar-refractivity contribution in [1.82, 2.24) is 4.23 Å². The smallest absolute Gasteiger partial charge is 0.386 e. The van der Waals surface area contributed by atoms with Crippen LogP contribution >= 0.6 is 0 Å². The lowest BCUT2D eigenvalue weighted by Gasteiger charge is -2.44. The highest BCUT2D eigenvalue weighted by Gasteiger charge is 2.51. The molecule has 0 saturated carbocycles. The van der Waals surface area contributed by atoms with Crippen LogP contribution in [0.15, 0.2) is 0 Å². The molecule has 0 radical (unpaired) electrons. The highest BCUT2D eigenvalue weighted by Crippen LogP contribution is 2.28. The van der Waals surface area contributed by atoms with Gasteiger partial charge in [0, 0.05) is 0 Å². The van der Waals surface area contributed by atoms with E-state index in [1.165, 1.54) is 13.1 Å². The fourth-order valence-corrected chi connectivity index (χ4v) is 10.6. The van der Waals surface area contributed by atoms with E-state index in [2.05, 4.69) is 0 Å². The lowest BCUT2D eigenvalue weighted by molar-refractivity contribution is -0.177. The maximum Gasteiger partial charge on any atom is 0.469 e. The van der Waals surface area contributed by atoms with Gasteiger partial charge in [-0.25, -0.2) is 0 Å². The first-order valence-corrected chi connectivity index (χ1v) is 11.4. The summed E-state index contributed by atoms with van der Waals surface area (Å²) in [5.41, 5.74) is 0. The number of halogens is 4. The van der Waals surface area contributed by atoms with Crippen molar-refractivity contribution in [3.05, 3.63) is 0 Å². The molecule has 0 fully saturated rings. The van der Waals surface area contributed by atoms with Crippen LogP contribution in [0.5, 0.6) is 0 Å². The quantitative estimate of drug-likeness (QED) is 0.573. The highest BCUT2D eigenvalue weighted by molar-refractivity contribution is 6.92. The minimum atomic E-state index is -4.92. The van der Waals surface area contributed by atoms with E-state index in [0.717, 1.165) is 4.23 Å². The van der Waals surface area contributed by atoms with Crippen LogP contribution in [0.25, 0.3) is 0 Å². The molecule has 16 heavy (non-hydrogen) atoms. The number of alkyl halides is 4. The average molecular weight is 275 g/mol. The summed E-state index contributed by atoms with van der Waals surface area (Å²) in [6, 6.07) is 0. The Balaban J connectivity index is 5.38. The van der Waals surface area contributed by atoms with Gasteiger partial charge in [0.2, 0.25) is 0 Å². The van der Waals surface area contributed by atoms with Gasteiger partial charge in [-0.2, -0.15) is 13.2 Å². The second kappa shape index (κ2) is 4.48. The minimum absolute atomic E-state index is 0.819. The van der Waals surface area contributed by atoms with Crippen molar-refractivity contribution in [2.24, 2.45) is 0 Å². The molecule has 0 saturated heterocycles. The van der Waals surface area contributed by atoms with Gasteiger partial charge in [-0.15, -0.1) is 0 Å². The number of rotatable bonds is 3. The number of hydrogen-bond donors (Lipinski definition) is 0. The zero-order valence-corrected chi connectivity index (χ0v) is 12.1. The number of amides is 1. The van der Waals surface area contributed by atoms with E-state index in [4.69, 9.17) is 0 Å². The van der Waals surface area contributed by atoms with Crippen LogP contribution in [0, 0.1) is 0 Å². The van der Waals surface area contributed by atoms with Crippen molar-refractivity contribution in [1.29, 1.82) is 0 Å². The minimum Gasteiger partial charge on any atom is -0.386 e. The molecule has 2 nitrogen and oxygen atoms in total. The van der Waals surface area contributed by atoms with Crippen LogP contribution in [0.3, 0.4) is 0 Å². The lowest BCUT2D eigenvalue weighted by Crippen LogP contribution is -2.67. The molecule has 8 heteroatoms. The van der Waals surface area contributed by atoms with Gasteiger partial charge in [-0.05, 0) is 13.1 Å². The fourth-order valence-electron chi connectivity index (χ4n) is 1.67. The third-order valence-corrected chi connectivity index (χ3v) is 9.49. The first kappa shape index (κ1) is 15.6. The van der Waals surface area contributed by atoms with Crippen LogP contribution in [-0.2, 0) is 4.79 Å². The molecular formula is C8H17F4NOSi2. The molecular weight excluding hydrogens is 258 g/mol. The molecule has 96 valence electrons.